The molecule has 17 heavy (non-hydrogen) atoms. The quantitative estimate of drug-likeness (QED) is 0.356. The smallest absolute Gasteiger partial charge is 0.340 e. The second kappa shape index (κ2) is 25.0. The van der Waals surface area contributed by atoms with Gasteiger partial charge in [-0.3, -0.25) is 0 Å². The van der Waals surface area contributed by atoms with Crippen LogP contribution in [0.15, 0.2) is 0 Å². The highest BCUT2D eigenvalue weighted by Crippen LogP contribution is 1.95. The first-order chi connectivity index (χ1) is 6.35. The van der Waals surface area contributed by atoms with Gasteiger partial charge in [-0.25, -0.2) is 4.89 Å². The fourth-order valence-electron chi connectivity index (χ4n) is 0.645. The molecule has 0 amide bonds. The standard InChI is InChI=1S/C6H14B3O4.4CH4/c1-7-10-4-6(5-11-8-2)12-13-9-3;;;;/h6H,4-5H2,1-3H3;4*1H4. The van der Waals surface area contributed by atoms with Crippen molar-refractivity contribution in [2.45, 2.75) is 56.3 Å². The van der Waals surface area contributed by atoms with Crippen LogP contribution in [0, 0.1) is 0 Å². The Kier molecular flexibility index (Phi) is 44.5. The van der Waals surface area contributed by atoms with E-state index in [0.717, 1.165) is 0 Å². The van der Waals surface area contributed by atoms with E-state index in [2.05, 4.69) is 4.81 Å². The Morgan fingerprint density at radius 2 is 1.18 bits per heavy atom. The topological polar surface area (TPSA) is 36.9 Å². The fraction of sp³-hybridized carbons (Fsp3) is 1.00. The molecule has 4 nitrogen and oxygen atoms in total. The fourth-order valence-corrected chi connectivity index (χ4v) is 0.645. The van der Waals surface area contributed by atoms with Gasteiger partial charge in [-0.2, -0.15) is 0 Å². The molecule has 0 saturated heterocycles. The molecule has 0 aromatic carbocycles. The average molecular weight is 247 g/mol. The molecule has 103 valence electrons. The molecule has 0 heterocycles. The molecule has 0 aliphatic rings. The van der Waals surface area contributed by atoms with Gasteiger partial charge in [-0.05, 0) is 0 Å². The first-order valence-electron chi connectivity index (χ1n) is 4.24. The van der Waals surface area contributed by atoms with Gasteiger partial charge in [0.1, 0.15) is 6.10 Å². The molecule has 0 fully saturated rings. The third-order valence-corrected chi connectivity index (χ3v) is 1.19. The summed E-state index contributed by atoms with van der Waals surface area (Å²) in [6.45, 7) is 6.17. The molecule has 0 aliphatic heterocycles. The molecule has 0 aromatic rings. The van der Waals surface area contributed by atoms with Crippen LogP contribution in [0.2, 0.25) is 20.5 Å². The Balaban J connectivity index is -0.000000120. The van der Waals surface area contributed by atoms with Crippen molar-refractivity contribution in [3.05, 3.63) is 0 Å². The van der Waals surface area contributed by atoms with E-state index in [-0.39, 0.29) is 35.8 Å². The highest BCUT2D eigenvalue weighted by Gasteiger charge is 2.09. The molecule has 0 spiro atoms. The van der Waals surface area contributed by atoms with Gasteiger partial charge in [0.05, 0.1) is 13.2 Å². The van der Waals surface area contributed by atoms with Gasteiger partial charge in [0.2, 0.25) is 0 Å². The Labute approximate surface area is 111 Å². The molecule has 0 aromatic heterocycles. The maximum atomic E-state index is 5.05. The van der Waals surface area contributed by atoms with Crippen LogP contribution >= 0.6 is 0 Å². The van der Waals surface area contributed by atoms with Gasteiger partial charge in [0, 0.05) is 0 Å². The van der Waals surface area contributed by atoms with E-state index in [1.54, 1.807) is 35.4 Å². The molecule has 7 heteroatoms. The Morgan fingerprint density at radius 1 is 0.765 bits per heavy atom. The van der Waals surface area contributed by atoms with Crippen LogP contribution in [-0.4, -0.2) is 41.8 Å². The third-order valence-electron chi connectivity index (χ3n) is 1.19. The number of rotatable bonds is 9. The Morgan fingerprint density at radius 3 is 1.47 bits per heavy atom. The minimum absolute atomic E-state index is 0. The van der Waals surface area contributed by atoms with Crippen molar-refractivity contribution >= 4 is 22.4 Å². The van der Waals surface area contributed by atoms with Gasteiger partial charge in [-0.1, -0.05) is 50.2 Å². The number of hydrogen-bond acceptors (Lipinski definition) is 4. The zero-order chi connectivity index (χ0) is 9.94. The third kappa shape index (κ3) is 21.8. The van der Waals surface area contributed by atoms with Crippen molar-refractivity contribution in [3.63, 3.8) is 0 Å². The summed E-state index contributed by atoms with van der Waals surface area (Å²) >= 11 is 0. The van der Waals surface area contributed by atoms with Crippen molar-refractivity contribution in [1.29, 1.82) is 0 Å². The van der Waals surface area contributed by atoms with E-state index < -0.39 is 0 Å². The molecule has 0 aliphatic carbocycles. The normalized spacial score (nSPS) is 7.76. The summed E-state index contributed by atoms with van der Waals surface area (Å²) in [6.07, 6.45) is -0.219. The summed E-state index contributed by atoms with van der Waals surface area (Å²) in [4.78, 5) is 9.63. The lowest BCUT2D eigenvalue weighted by molar-refractivity contribution is -0.257. The first-order valence-corrected chi connectivity index (χ1v) is 4.24. The van der Waals surface area contributed by atoms with E-state index in [1.807, 2.05) is 0 Å². The van der Waals surface area contributed by atoms with Crippen molar-refractivity contribution in [2.24, 2.45) is 0 Å². The lowest BCUT2D eigenvalue weighted by Gasteiger charge is -2.16. The highest BCUT2D eigenvalue weighted by molar-refractivity contribution is 6.25. The summed E-state index contributed by atoms with van der Waals surface area (Å²) in [5.74, 6) is 0. The molecular formula is C10H30B3O4. The van der Waals surface area contributed by atoms with Gasteiger partial charge in [0.25, 0.3) is 15.0 Å². The SMILES string of the molecule is C.C.C.C.C[B]OCC(CO[B]C)OO[B]C. The number of hydrogen-bond donors (Lipinski definition) is 0. The first kappa shape index (κ1) is 30.2. The van der Waals surface area contributed by atoms with Crippen molar-refractivity contribution < 1.29 is 19.0 Å². The summed E-state index contributed by atoms with van der Waals surface area (Å²) in [6, 6.07) is 0. The molecular weight excluding hydrogens is 217 g/mol. The summed E-state index contributed by atoms with van der Waals surface area (Å²) < 4.78 is 10.1. The second-order valence-electron chi connectivity index (χ2n) is 2.19. The highest BCUT2D eigenvalue weighted by atomic mass is 17.2. The molecule has 3 radical (unpaired) electrons. The minimum atomic E-state index is -0.219. The Hall–Kier alpha value is 0.0348. The van der Waals surface area contributed by atoms with E-state index in [4.69, 9.17) is 14.2 Å². The predicted octanol–water partition coefficient (Wildman–Crippen LogP) is 2.88. The van der Waals surface area contributed by atoms with Crippen LogP contribution in [0.5, 0.6) is 0 Å². The Bertz CT molecular complexity index is 90.5. The van der Waals surface area contributed by atoms with Crippen LogP contribution in [0.25, 0.3) is 0 Å². The largest absolute Gasteiger partial charge is 0.438 e. The lowest BCUT2D eigenvalue weighted by atomic mass is 10.1. The minimum Gasteiger partial charge on any atom is -0.438 e. The van der Waals surface area contributed by atoms with Crippen molar-refractivity contribution in [2.75, 3.05) is 13.2 Å². The molecule has 0 bridgehead atoms. The molecule has 0 N–H and O–H groups in total. The van der Waals surface area contributed by atoms with Crippen LogP contribution in [0.1, 0.15) is 29.7 Å². The van der Waals surface area contributed by atoms with Crippen LogP contribution in [-0.2, 0) is 19.0 Å². The van der Waals surface area contributed by atoms with Crippen molar-refractivity contribution in [1.82, 2.24) is 0 Å². The van der Waals surface area contributed by atoms with Gasteiger partial charge >= 0.3 is 7.48 Å². The molecule has 0 rings (SSSR count). The van der Waals surface area contributed by atoms with Gasteiger partial charge < -0.3 is 14.1 Å². The predicted molar refractivity (Wildman–Crippen MR) is 79.6 cm³/mol. The van der Waals surface area contributed by atoms with E-state index in [0.29, 0.717) is 13.2 Å². The summed E-state index contributed by atoms with van der Waals surface area (Å²) in [5, 5.41) is 0. The molecule has 0 atom stereocenters. The lowest BCUT2D eigenvalue weighted by Crippen LogP contribution is -2.27. The maximum Gasteiger partial charge on any atom is 0.340 e. The molecule has 0 saturated carbocycles. The maximum absolute atomic E-state index is 5.05. The van der Waals surface area contributed by atoms with E-state index in [9.17, 15) is 0 Å². The zero-order valence-electron chi connectivity index (χ0n) is 8.36. The monoisotopic (exact) mass is 247 g/mol. The van der Waals surface area contributed by atoms with E-state index in [1.165, 1.54) is 7.48 Å². The summed E-state index contributed by atoms with van der Waals surface area (Å²) in [7, 11) is 4.65. The van der Waals surface area contributed by atoms with Gasteiger partial charge in [-0.15, -0.1) is 0 Å². The second-order valence-corrected chi connectivity index (χ2v) is 2.19. The zero-order valence-corrected chi connectivity index (χ0v) is 8.36. The van der Waals surface area contributed by atoms with Crippen LogP contribution < -0.4 is 0 Å². The summed E-state index contributed by atoms with van der Waals surface area (Å²) in [5.41, 5.74) is 0. The van der Waals surface area contributed by atoms with Gasteiger partial charge in [0.15, 0.2) is 0 Å². The average Bonchev–Trinajstić information content (AvgIpc) is 2.17. The van der Waals surface area contributed by atoms with Crippen LogP contribution in [0.3, 0.4) is 0 Å². The van der Waals surface area contributed by atoms with E-state index >= 15 is 0 Å². The van der Waals surface area contributed by atoms with Crippen LogP contribution in [0.4, 0.5) is 0 Å². The van der Waals surface area contributed by atoms with Crippen molar-refractivity contribution in [3.8, 4) is 0 Å². The molecule has 0 unspecified atom stereocenters.